The summed E-state index contributed by atoms with van der Waals surface area (Å²) in [7, 11) is 0. The summed E-state index contributed by atoms with van der Waals surface area (Å²) in [5.74, 6) is 2.24. The number of benzene rings is 2. The number of hydrogen-bond donors (Lipinski definition) is 1. The number of fused-ring (bicyclic) bond motifs is 1. The van der Waals surface area contributed by atoms with Crippen LogP contribution < -0.4 is 14.2 Å². The maximum atomic E-state index is 10.8. The Hall–Kier alpha value is -4.14. The highest BCUT2D eigenvalue weighted by molar-refractivity contribution is 7.73. The largest absolute Gasteiger partial charge is 0.494 e. The first-order valence-electron chi connectivity index (χ1n) is 10.6. The Morgan fingerprint density at radius 2 is 2.06 bits per heavy atom. The number of ether oxygens (including phenoxy) is 4. The van der Waals surface area contributed by atoms with Crippen molar-refractivity contribution >= 4 is 46.9 Å². The van der Waals surface area contributed by atoms with Gasteiger partial charge >= 0.3 is 0 Å². The van der Waals surface area contributed by atoms with Crippen molar-refractivity contribution in [3.05, 3.63) is 62.7 Å². The molecule has 2 aromatic carbocycles. The summed E-state index contributed by atoms with van der Waals surface area (Å²) < 4.78 is 24.0. The summed E-state index contributed by atoms with van der Waals surface area (Å²) >= 11 is 6.66. The number of nitriles is 1. The van der Waals surface area contributed by atoms with Crippen LogP contribution in [-0.2, 0) is 11.3 Å². The lowest BCUT2D eigenvalue weighted by molar-refractivity contribution is 0.174. The van der Waals surface area contributed by atoms with Gasteiger partial charge in [-0.25, -0.2) is 4.99 Å². The third-order valence-electron chi connectivity index (χ3n) is 5.04. The molecule has 11 heteroatoms. The van der Waals surface area contributed by atoms with Gasteiger partial charge < -0.3 is 24.1 Å². The Kier molecular flexibility index (Phi) is 6.22. The first-order chi connectivity index (χ1) is 17.0. The van der Waals surface area contributed by atoms with E-state index in [1.807, 2.05) is 31.2 Å². The van der Waals surface area contributed by atoms with E-state index in [0.29, 0.717) is 39.2 Å². The molecule has 0 saturated carbocycles. The zero-order chi connectivity index (χ0) is 24.4. The predicted octanol–water partition coefficient (Wildman–Crippen LogP) is 5.18. The predicted molar refractivity (Wildman–Crippen MR) is 133 cm³/mol. The second-order valence-corrected chi connectivity index (χ2v) is 9.01. The molecule has 0 saturated heterocycles. The van der Waals surface area contributed by atoms with E-state index in [1.165, 1.54) is 17.4 Å². The maximum absolute atomic E-state index is 10.8. The molecule has 35 heavy (non-hydrogen) atoms. The molecule has 2 aliphatic rings. The van der Waals surface area contributed by atoms with E-state index in [4.69, 9.17) is 31.2 Å². The molecule has 0 unspecified atom stereocenters. The van der Waals surface area contributed by atoms with Gasteiger partial charge in [-0.2, -0.15) is 10.3 Å². The van der Waals surface area contributed by atoms with Crippen molar-refractivity contribution in [2.75, 3.05) is 13.4 Å². The average molecular weight is 507 g/mol. The van der Waals surface area contributed by atoms with Crippen molar-refractivity contribution in [1.29, 1.82) is 5.26 Å². The molecule has 1 N–H and O–H groups in total. The number of nitrogens with zero attached hydrogens (tertiary/aromatic N) is 4. The van der Waals surface area contributed by atoms with E-state index < -0.39 is 0 Å². The number of aromatic nitrogens is 1. The minimum Gasteiger partial charge on any atom is -0.494 e. The minimum atomic E-state index is -0.0284. The van der Waals surface area contributed by atoms with Crippen molar-refractivity contribution in [2.45, 2.75) is 13.5 Å². The molecular formula is C24H18N4O5S2. The maximum Gasteiger partial charge on any atom is 0.258 e. The smallest absolute Gasteiger partial charge is 0.258 e. The van der Waals surface area contributed by atoms with Gasteiger partial charge in [0.25, 0.3) is 5.90 Å². The van der Waals surface area contributed by atoms with Crippen LogP contribution in [0.2, 0.25) is 0 Å². The lowest BCUT2D eigenvalue weighted by Gasteiger charge is -2.06. The number of aliphatic imine (C=N–C) groups is 2. The van der Waals surface area contributed by atoms with Gasteiger partial charge in [-0.05, 0) is 61.1 Å². The van der Waals surface area contributed by atoms with Crippen LogP contribution in [0.3, 0.4) is 0 Å². The van der Waals surface area contributed by atoms with Gasteiger partial charge in [-0.1, -0.05) is 6.07 Å². The Labute approximate surface area is 209 Å². The Morgan fingerprint density at radius 1 is 1.26 bits per heavy atom. The van der Waals surface area contributed by atoms with Gasteiger partial charge in [-0.15, -0.1) is 11.3 Å². The zero-order valence-corrected chi connectivity index (χ0v) is 20.1. The molecule has 0 spiro atoms. The number of hydrogen-bond acceptors (Lipinski definition) is 10. The van der Waals surface area contributed by atoms with Crippen molar-refractivity contribution in [3.63, 3.8) is 0 Å². The third kappa shape index (κ3) is 4.75. The Morgan fingerprint density at radius 3 is 2.83 bits per heavy atom. The van der Waals surface area contributed by atoms with Crippen LogP contribution in [-0.4, -0.2) is 34.7 Å². The van der Waals surface area contributed by atoms with E-state index in [2.05, 4.69) is 9.98 Å². The van der Waals surface area contributed by atoms with Gasteiger partial charge in [0.05, 0.1) is 23.7 Å². The van der Waals surface area contributed by atoms with Crippen LogP contribution in [0.15, 0.2) is 58.3 Å². The summed E-state index contributed by atoms with van der Waals surface area (Å²) in [5, 5.41) is 20.3. The monoisotopic (exact) mass is 506 g/mol. The number of thiazole rings is 1. The van der Waals surface area contributed by atoms with Crippen molar-refractivity contribution < 1.29 is 24.1 Å². The van der Waals surface area contributed by atoms with Crippen molar-refractivity contribution in [1.82, 2.24) is 4.57 Å². The second kappa shape index (κ2) is 9.61. The van der Waals surface area contributed by atoms with Gasteiger partial charge in [-0.3, -0.25) is 4.57 Å². The van der Waals surface area contributed by atoms with Crippen molar-refractivity contribution in [2.24, 2.45) is 9.98 Å². The molecule has 176 valence electrons. The SMILES string of the molecule is CCOc1ccc(N=C2O/C(=C/c3sc(=S)n(Cc4ccc5c(c4)OCO5)c3O)N=C2C#N)cc1. The van der Waals surface area contributed by atoms with Gasteiger partial charge in [0.1, 0.15) is 11.8 Å². The third-order valence-corrected chi connectivity index (χ3v) is 6.42. The molecule has 9 nitrogen and oxygen atoms in total. The van der Waals surface area contributed by atoms with Gasteiger partial charge in [0.15, 0.2) is 15.5 Å². The summed E-state index contributed by atoms with van der Waals surface area (Å²) in [6, 6.07) is 14.6. The molecule has 0 aliphatic carbocycles. The van der Waals surface area contributed by atoms with E-state index in [1.54, 1.807) is 28.8 Å². The number of rotatable bonds is 6. The Bertz CT molecular complexity index is 1480. The first-order valence-corrected chi connectivity index (χ1v) is 11.8. The molecule has 0 fully saturated rings. The Balaban J connectivity index is 1.37. The normalized spacial score (nSPS) is 16.3. The summed E-state index contributed by atoms with van der Waals surface area (Å²) in [4.78, 5) is 9.01. The fraction of sp³-hybridized carbons (Fsp3) is 0.167. The second-order valence-electron chi connectivity index (χ2n) is 7.33. The van der Waals surface area contributed by atoms with Crippen LogP contribution in [0.1, 0.15) is 17.4 Å². The van der Waals surface area contributed by atoms with Crippen LogP contribution in [0, 0.1) is 15.3 Å². The standard InChI is InChI=1S/C24H18N4O5S2/c1-2-30-16-6-4-15(5-7-16)26-22-17(11-25)27-21(33-22)10-20-23(29)28(24(34)35-20)12-14-3-8-18-19(9-14)32-13-31-18/h3-10,29H,2,12-13H2,1H3/b21-10+,26-22?. The highest BCUT2D eigenvalue weighted by Crippen LogP contribution is 2.35. The topological polar surface area (TPSA) is 111 Å². The highest BCUT2D eigenvalue weighted by Gasteiger charge is 2.23. The first kappa shape index (κ1) is 22.6. The van der Waals surface area contributed by atoms with Crippen LogP contribution in [0.4, 0.5) is 5.69 Å². The zero-order valence-electron chi connectivity index (χ0n) is 18.4. The lowest BCUT2D eigenvalue weighted by atomic mass is 10.2. The lowest BCUT2D eigenvalue weighted by Crippen LogP contribution is -2.07. The van der Waals surface area contributed by atoms with Crippen molar-refractivity contribution in [3.8, 4) is 29.2 Å². The van der Waals surface area contributed by atoms with Crippen LogP contribution >= 0.6 is 23.6 Å². The molecule has 0 amide bonds. The fourth-order valence-corrected chi connectivity index (χ4v) is 4.65. The molecule has 3 aromatic rings. The molecular weight excluding hydrogens is 488 g/mol. The molecule has 3 heterocycles. The van der Waals surface area contributed by atoms with Gasteiger partial charge in [0, 0.05) is 6.08 Å². The van der Waals surface area contributed by atoms with Crippen LogP contribution in [0.25, 0.3) is 6.08 Å². The van der Waals surface area contributed by atoms with Crippen LogP contribution in [0.5, 0.6) is 23.1 Å². The molecule has 0 bridgehead atoms. The molecule has 2 aliphatic heterocycles. The molecule has 0 radical (unpaired) electrons. The molecule has 5 rings (SSSR count). The average Bonchev–Trinajstić information content (AvgIpc) is 3.55. The fourth-order valence-electron chi connectivity index (χ4n) is 3.42. The summed E-state index contributed by atoms with van der Waals surface area (Å²) in [6.45, 7) is 3.01. The highest BCUT2D eigenvalue weighted by atomic mass is 32.1. The van der Waals surface area contributed by atoms with E-state index in [-0.39, 0.29) is 30.2 Å². The molecule has 0 atom stereocenters. The minimum absolute atomic E-state index is 0.0284. The summed E-state index contributed by atoms with van der Waals surface area (Å²) in [6.07, 6.45) is 1.53. The summed E-state index contributed by atoms with van der Waals surface area (Å²) in [5.41, 5.74) is 1.51. The van der Waals surface area contributed by atoms with E-state index in [0.717, 1.165) is 11.3 Å². The quantitative estimate of drug-likeness (QED) is 0.459. The molecule has 1 aromatic heterocycles. The van der Waals surface area contributed by atoms with E-state index >= 15 is 0 Å². The number of aromatic hydroxyl groups is 1. The van der Waals surface area contributed by atoms with Gasteiger partial charge in [0.2, 0.25) is 24.3 Å². The van der Waals surface area contributed by atoms with E-state index in [9.17, 15) is 10.4 Å².